The van der Waals surface area contributed by atoms with Gasteiger partial charge in [0.2, 0.25) is 0 Å². The highest BCUT2D eigenvalue weighted by atomic mass is 16.6. The molecule has 29 heavy (non-hydrogen) atoms. The molecule has 0 N–H and O–H groups in total. The summed E-state index contributed by atoms with van der Waals surface area (Å²) >= 11 is 0. The first kappa shape index (κ1) is 20.7. The number of hydrogen-bond acceptors (Lipinski definition) is 6. The number of methoxy groups -OCH3 is 1. The lowest BCUT2D eigenvalue weighted by Gasteiger charge is -2.29. The second-order valence-electron chi connectivity index (χ2n) is 7.35. The fourth-order valence-corrected chi connectivity index (χ4v) is 4.03. The number of nitro groups is 1. The van der Waals surface area contributed by atoms with Crippen molar-refractivity contribution in [2.75, 3.05) is 7.11 Å². The monoisotopic (exact) mass is 398 g/mol. The van der Waals surface area contributed by atoms with Gasteiger partial charge < -0.3 is 4.74 Å². The average molecular weight is 398 g/mol. The number of hydrogen-bond donors (Lipinski definition) is 0. The summed E-state index contributed by atoms with van der Waals surface area (Å²) in [4.78, 5) is 28.3. The predicted octanol–water partition coefficient (Wildman–Crippen LogP) is 4.09. The number of unbranched alkanes of at least 4 members (excludes halogenated alkanes) is 2. The zero-order valence-electron chi connectivity index (χ0n) is 17.2. The number of esters is 1. The van der Waals surface area contributed by atoms with Gasteiger partial charge in [0.05, 0.1) is 17.7 Å². The van der Waals surface area contributed by atoms with Gasteiger partial charge in [0, 0.05) is 36.4 Å². The molecule has 0 spiro atoms. The van der Waals surface area contributed by atoms with Gasteiger partial charge in [-0.05, 0) is 25.3 Å². The van der Waals surface area contributed by atoms with Crippen LogP contribution in [0.1, 0.15) is 55.8 Å². The van der Waals surface area contributed by atoms with Crippen LogP contribution in [0.25, 0.3) is 0 Å². The molecule has 1 aliphatic rings. The third-order valence-electron chi connectivity index (χ3n) is 5.42. The Hall–Kier alpha value is -3.03. The normalized spacial score (nSPS) is 18.1. The summed E-state index contributed by atoms with van der Waals surface area (Å²) in [7, 11) is 3.18. The highest BCUT2D eigenvalue weighted by Crippen LogP contribution is 2.45. The van der Waals surface area contributed by atoms with Crippen LogP contribution in [0.3, 0.4) is 0 Å². The molecule has 1 aromatic carbocycles. The summed E-state index contributed by atoms with van der Waals surface area (Å²) in [5.41, 5.74) is 3.05. The van der Waals surface area contributed by atoms with Crippen LogP contribution >= 0.6 is 0 Å². The van der Waals surface area contributed by atoms with Crippen LogP contribution in [0.4, 0.5) is 11.5 Å². The molecule has 2 atom stereocenters. The van der Waals surface area contributed by atoms with Crippen molar-refractivity contribution >= 4 is 23.2 Å². The first-order valence-electron chi connectivity index (χ1n) is 9.82. The summed E-state index contributed by atoms with van der Waals surface area (Å²) in [6.07, 6.45) is 3.92. The first-order chi connectivity index (χ1) is 13.9. The van der Waals surface area contributed by atoms with Gasteiger partial charge in [-0.15, -0.1) is 0 Å². The van der Waals surface area contributed by atoms with Gasteiger partial charge in [0.1, 0.15) is 5.92 Å². The van der Waals surface area contributed by atoms with E-state index >= 15 is 0 Å². The van der Waals surface area contributed by atoms with Crippen LogP contribution < -0.4 is 0 Å². The molecule has 1 aliphatic heterocycles. The molecule has 0 saturated heterocycles. The van der Waals surface area contributed by atoms with Crippen LogP contribution in [0.5, 0.6) is 0 Å². The number of aliphatic imine (C=N–C) groups is 1. The predicted molar refractivity (Wildman–Crippen MR) is 110 cm³/mol. The summed E-state index contributed by atoms with van der Waals surface area (Å²) in [5.74, 6) is -0.786. The molecule has 3 rings (SSSR count). The lowest BCUT2D eigenvalue weighted by molar-refractivity contribution is -0.384. The summed E-state index contributed by atoms with van der Waals surface area (Å²) in [6.45, 7) is 3.93. The van der Waals surface area contributed by atoms with Crippen molar-refractivity contribution in [2.45, 2.75) is 45.4 Å². The fraction of sp³-hybridized carbons (Fsp3) is 0.476. The minimum absolute atomic E-state index is 0.00995. The number of ether oxygens (including phenoxy) is 1. The second-order valence-corrected chi connectivity index (χ2v) is 7.35. The van der Waals surface area contributed by atoms with Crippen molar-refractivity contribution in [3.8, 4) is 0 Å². The molecule has 0 aliphatic carbocycles. The number of carbonyl (C=O) groups is 1. The van der Waals surface area contributed by atoms with Crippen molar-refractivity contribution in [3.05, 3.63) is 51.2 Å². The summed E-state index contributed by atoms with van der Waals surface area (Å²) in [5, 5.41) is 16.0. The largest absolute Gasteiger partial charge is 0.468 e. The number of nitro benzene ring substituents is 1. The molecule has 2 aromatic rings. The molecule has 0 saturated carbocycles. The van der Waals surface area contributed by atoms with E-state index < -0.39 is 22.7 Å². The van der Waals surface area contributed by atoms with Crippen molar-refractivity contribution in [1.82, 2.24) is 9.78 Å². The molecule has 2 heterocycles. The zero-order valence-corrected chi connectivity index (χ0v) is 17.2. The third-order valence-corrected chi connectivity index (χ3v) is 5.42. The molecule has 1 aromatic heterocycles. The van der Waals surface area contributed by atoms with E-state index in [1.54, 1.807) is 17.7 Å². The molecular formula is C21H26N4O4. The van der Waals surface area contributed by atoms with E-state index in [9.17, 15) is 14.9 Å². The quantitative estimate of drug-likeness (QED) is 0.303. The third kappa shape index (κ3) is 3.92. The van der Waals surface area contributed by atoms with Gasteiger partial charge in [0.15, 0.2) is 5.82 Å². The van der Waals surface area contributed by atoms with Crippen LogP contribution in [-0.4, -0.2) is 33.5 Å². The molecule has 8 nitrogen and oxygen atoms in total. The van der Waals surface area contributed by atoms with E-state index in [1.807, 2.05) is 13.1 Å². The topological polar surface area (TPSA) is 99.6 Å². The number of aryl methyl sites for hydroxylation is 2. The number of rotatable bonds is 7. The van der Waals surface area contributed by atoms with E-state index in [1.165, 1.54) is 19.2 Å². The Bertz CT molecular complexity index is 964. The summed E-state index contributed by atoms with van der Waals surface area (Å²) < 4.78 is 6.80. The number of nitrogens with zero attached hydrogens (tertiary/aromatic N) is 4. The second kappa shape index (κ2) is 8.55. The van der Waals surface area contributed by atoms with E-state index in [-0.39, 0.29) is 5.69 Å². The Morgan fingerprint density at radius 1 is 1.34 bits per heavy atom. The minimum atomic E-state index is -0.649. The van der Waals surface area contributed by atoms with Crippen molar-refractivity contribution in [3.63, 3.8) is 0 Å². The molecule has 2 unspecified atom stereocenters. The number of non-ortho nitro benzene ring substituents is 1. The molecule has 154 valence electrons. The maximum absolute atomic E-state index is 12.7. The van der Waals surface area contributed by atoms with Gasteiger partial charge in [-0.25, -0.2) is 4.99 Å². The minimum Gasteiger partial charge on any atom is -0.468 e. The van der Waals surface area contributed by atoms with Gasteiger partial charge in [0.25, 0.3) is 5.69 Å². The molecular weight excluding hydrogens is 372 g/mol. The standard InChI is InChI=1S/C21H26N4O4/c1-5-6-7-11-16-19-18(14-9-8-10-15(12-14)25(27)28)17(21(26)29-4)13(2)22-20(19)24(3)23-16/h8-10,12,17-18H,5-7,11H2,1-4H3. The molecule has 8 heteroatoms. The number of carbonyl (C=O) groups excluding carboxylic acids is 1. The SMILES string of the molecule is CCCCCc1nn(C)c2c1C(c1cccc([N+](=O)[O-])c1)C(C(=O)OC)C(C)=N2. The Kier molecular flexibility index (Phi) is 6.10. The fourth-order valence-electron chi connectivity index (χ4n) is 4.03. The average Bonchev–Trinajstić information content (AvgIpc) is 3.01. The maximum atomic E-state index is 12.7. The number of aromatic nitrogens is 2. The van der Waals surface area contributed by atoms with E-state index in [4.69, 9.17) is 4.74 Å². The van der Waals surface area contributed by atoms with Crippen molar-refractivity contribution in [2.24, 2.45) is 18.0 Å². The smallest absolute Gasteiger partial charge is 0.315 e. The summed E-state index contributed by atoms with van der Waals surface area (Å²) in [6, 6.07) is 6.45. The molecule has 0 fully saturated rings. The van der Waals surface area contributed by atoms with Crippen LogP contribution in [0.15, 0.2) is 29.3 Å². The van der Waals surface area contributed by atoms with Crippen LogP contribution in [-0.2, 0) is 23.0 Å². The van der Waals surface area contributed by atoms with E-state index in [0.717, 1.165) is 36.9 Å². The Balaban J connectivity index is 2.20. The Morgan fingerprint density at radius 2 is 2.10 bits per heavy atom. The van der Waals surface area contributed by atoms with Gasteiger partial charge >= 0.3 is 5.97 Å². The van der Waals surface area contributed by atoms with Crippen molar-refractivity contribution < 1.29 is 14.5 Å². The number of benzene rings is 1. The van der Waals surface area contributed by atoms with Gasteiger partial charge in [-0.3, -0.25) is 19.6 Å². The Labute approximate surface area is 169 Å². The highest BCUT2D eigenvalue weighted by molar-refractivity contribution is 6.05. The number of fused-ring (bicyclic) bond motifs is 1. The lowest BCUT2D eigenvalue weighted by Crippen LogP contribution is -2.33. The Morgan fingerprint density at radius 3 is 2.76 bits per heavy atom. The van der Waals surface area contributed by atoms with Gasteiger partial charge in [-0.2, -0.15) is 5.10 Å². The van der Waals surface area contributed by atoms with Crippen LogP contribution in [0, 0.1) is 16.0 Å². The van der Waals surface area contributed by atoms with Crippen LogP contribution in [0.2, 0.25) is 0 Å². The highest BCUT2D eigenvalue weighted by Gasteiger charge is 2.42. The van der Waals surface area contributed by atoms with Crippen molar-refractivity contribution in [1.29, 1.82) is 0 Å². The molecule has 0 bridgehead atoms. The zero-order chi connectivity index (χ0) is 21.1. The first-order valence-corrected chi connectivity index (χ1v) is 9.82. The van der Waals surface area contributed by atoms with E-state index in [0.29, 0.717) is 17.1 Å². The van der Waals surface area contributed by atoms with E-state index in [2.05, 4.69) is 17.0 Å². The maximum Gasteiger partial charge on any atom is 0.315 e. The lowest BCUT2D eigenvalue weighted by atomic mass is 9.76. The van der Waals surface area contributed by atoms with Gasteiger partial charge in [-0.1, -0.05) is 31.9 Å². The molecule has 0 amide bonds. The molecule has 0 radical (unpaired) electrons.